The Morgan fingerprint density at radius 1 is 0.903 bits per heavy atom. The zero-order valence-corrected chi connectivity index (χ0v) is 17.9. The van der Waals surface area contributed by atoms with Crippen LogP contribution in [0.3, 0.4) is 0 Å². The summed E-state index contributed by atoms with van der Waals surface area (Å²) in [5.41, 5.74) is 2.47. The van der Waals surface area contributed by atoms with Gasteiger partial charge in [0.05, 0.1) is 6.54 Å². The Morgan fingerprint density at radius 3 is 2.03 bits per heavy atom. The SMILES string of the molecule is CCCn1c(CN(Cc2ccccc2)Cc2ccccc2)nc2c1c(=O)[nH]c(=O)n2C. The van der Waals surface area contributed by atoms with Crippen LogP contribution in [0.5, 0.6) is 0 Å². The van der Waals surface area contributed by atoms with Crippen molar-refractivity contribution in [3.05, 3.63) is 98.5 Å². The molecule has 0 aliphatic heterocycles. The molecule has 0 saturated heterocycles. The topological polar surface area (TPSA) is 75.9 Å². The van der Waals surface area contributed by atoms with E-state index in [9.17, 15) is 9.59 Å². The van der Waals surface area contributed by atoms with E-state index in [1.54, 1.807) is 7.05 Å². The molecule has 0 atom stereocenters. The van der Waals surface area contributed by atoms with Crippen molar-refractivity contribution >= 4 is 11.2 Å². The largest absolute Gasteiger partial charge is 0.329 e. The number of H-pyrrole nitrogens is 1. The van der Waals surface area contributed by atoms with Gasteiger partial charge in [-0.15, -0.1) is 0 Å². The van der Waals surface area contributed by atoms with Gasteiger partial charge in [0.15, 0.2) is 11.2 Å². The molecule has 0 saturated carbocycles. The second kappa shape index (κ2) is 9.14. The number of nitrogens with one attached hydrogen (secondary N) is 1. The van der Waals surface area contributed by atoms with Gasteiger partial charge in [0, 0.05) is 26.7 Å². The number of aromatic amines is 1. The minimum Gasteiger partial charge on any atom is -0.321 e. The molecule has 0 fully saturated rings. The Labute approximate surface area is 180 Å². The molecular formula is C24H27N5O2. The maximum absolute atomic E-state index is 12.6. The van der Waals surface area contributed by atoms with Gasteiger partial charge < -0.3 is 4.57 Å². The summed E-state index contributed by atoms with van der Waals surface area (Å²) in [7, 11) is 1.64. The van der Waals surface area contributed by atoms with E-state index in [2.05, 4.69) is 41.1 Å². The van der Waals surface area contributed by atoms with Crippen molar-refractivity contribution < 1.29 is 0 Å². The van der Waals surface area contributed by atoms with Gasteiger partial charge >= 0.3 is 5.69 Å². The van der Waals surface area contributed by atoms with Crippen LogP contribution in [0.1, 0.15) is 30.3 Å². The second-order valence-corrected chi connectivity index (χ2v) is 7.79. The molecule has 0 radical (unpaired) electrons. The van der Waals surface area contributed by atoms with Gasteiger partial charge in [-0.25, -0.2) is 9.78 Å². The molecule has 1 N–H and O–H groups in total. The first-order valence-corrected chi connectivity index (χ1v) is 10.6. The molecule has 0 aliphatic carbocycles. The van der Waals surface area contributed by atoms with E-state index in [-0.39, 0.29) is 5.56 Å². The normalized spacial score (nSPS) is 11.5. The van der Waals surface area contributed by atoms with Crippen molar-refractivity contribution in [3.8, 4) is 0 Å². The Morgan fingerprint density at radius 2 is 1.48 bits per heavy atom. The molecule has 0 unspecified atom stereocenters. The van der Waals surface area contributed by atoms with Gasteiger partial charge in [-0.05, 0) is 17.5 Å². The van der Waals surface area contributed by atoms with Gasteiger partial charge in [0.2, 0.25) is 0 Å². The average Bonchev–Trinajstić information content (AvgIpc) is 3.12. The van der Waals surface area contributed by atoms with Gasteiger partial charge in [0.1, 0.15) is 5.82 Å². The number of nitrogens with zero attached hydrogens (tertiary/aromatic N) is 4. The van der Waals surface area contributed by atoms with Crippen molar-refractivity contribution in [2.75, 3.05) is 0 Å². The van der Waals surface area contributed by atoms with E-state index in [0.717, 1.165) is 25.3 Å². The van der Waals surface area contributed by atoms with Gasteiger partial charge in [-0.3, -0.25) is 19.2 Å². The molecule has 0 bridgehead atoms. The number of benzene rings is 2. The molecule has 7 nitrogen and oxygen atoms in total. The molecule has 0 spiro atoms. The van der Waals surface area contributed by atoms with Crippen LogP contribution >= 0.6 is 0 Å². The summed E-state index contributed by atoms with van der Waals surface area (Å²) >= 11 is 0. The first kappa shape index (κ1) is 20.8. The molecular weight excluding hydrogens is 390 g/mol. The van der Waals surface area contributed by atoms with Crippen LogP contribution < -0.4 is 11.2 Å². The Bertz CT molecular complexity index is 1230. The number of aryl methyl sites for hydroxylation is 2. The van der Waals surface area contributed by atoms with Crippen molar-refractivity contribution in [1.29, 1.82) is 0 Å². The van der Waals surface area contributed by atoms with E-state index in [1.807, 2.05) is 41.0 Å². The number of rotatable bonds is 8. The van der Waals surface area contributed by atoms with E-state index in [1.165, 1.54) is 15.7 Å². The lowest BCUT2D eigenvalue weighted by atomic mass is 10.1. The lowest BCUT2D eigenvalue weighted by Crippen LogP contribution is -2.29. The molecule has 4 rings (SSSR count). The predicted molar refractivity (Wildman–Crippen MR) is 122 cm³/mol. The van der Waals surface area contributed by atoms with Crippen molar-refractivity contribution in [1.82, 2.24) is 24.0 Å². The van der Waals surface area contributed by atoms with E-state index in [4.69, 9.17) is 4.98 Å². The predicted octanol–water partition coefficient (Wildman–Crippen LogP) is 3.04. The Hall–Kier alpha value is -3.45. The maximum atomic E-state index is 12.6. The number of hydrogen-bond acceptors (Lipinski definition) is 4. The molecule has 2 heterocycles. The van der Waals surface area contributed by atoms with Crippen LogP contribution in [0, 0.1) is 0 Å². The number of imidazole rings is 1. The first-order valence-electron chi connectivity index (χ1n) is 10.6. The van der Waals surface area contributed by atoms with E-state index in [0.29, 0.717) is 24.3 Å². The minimum atomic E-state index is -0.448. The van der Waals surface area contributed by atoms with Crippen LogP contribution in [0.2, 0.25) is 0 Å². The standard InChI is InChI=1S/C24H27N5O2/c1-3-14-29-20(25-22-21(29)23(30)26-24(31)27(22)2)17-28(15-18-10-6-4-7-11-18)16-19-12-8-5-9-13-19/h4-13H,3,14-17H2,1-2H3,(H,26,30,31). The molecule has 0 aliphatic rings. The summed E-state index contributed by atoms with van der Waals surface area (Å²) in [4.78, 5) is 34.1. The molecule has 160 valence electrons. The summed E-state index contributed by atoms with van der Waals surface area (Å²) in [5, 5.41) is 0. The lowest BCUT2D eigenvalue weighted by molar-refractivity contribution is 0.238. The summed E-state index contributed by atoms with van der Waals surface area (Å²) in [5.74, 6) is 0.787. The van der Waals surface area contributed by atoms with Crippen LogP contribution in [0.15, 0.2) is 70.3 Å². The van der Waals surface area contributed by atoms with Crippen molar-refractivity contribution in [2.24, 2.45) is 7.05 Å². The fourth-order valence-corrected chi connectivity index (χ4v) is 3.92. The maximum Gasteiger partial charge on any atom is 0.329 e. The lowest BCUT2D eigenvalue weighted by Gasteiger charge is -2.23. The third kappa shape index (κ3) is 4.51. The molecule has 0 amide bonds. The van der Waals surface area contributed by atoms with Crippen LogP contribution in [-0.4, -0.2) is 24.0 Å². The van der Waals surface area contributed by atoms with Gasteiger partial charge in [-0.2, -0.15) is 0 Å². The van der Waals surface area contributed by atoms with Gasteiger partial charge in [-0.1, -0.05) is 67.6 Å². The second-order valence-electron chi connectivity index (χ2n) is 7.79. The highest BCUT2D eigenvalue weighted by molar-refractivity contribution is 5.70. The summed E-state index contributed by atoms with van der Waals surface area (Å²) in [6.07, 6.45) is 0.859. The first-order chi connectivity index (χ1) is 15.1. The summed E-state index contributed by atoms with van der Waals surface area (Å²) < 4.78 is 3.36. The van der Waals surface area contributed by atoms with Crippen molar-refractivity contribution in [3.63, 3.8) is 0 Å². The van der Waals surface area contributed by atoms with Crippen molar-refractivity contribution in [2.45, 2.75) is 39.5 Å². The minimum absolute atomic E-state index is 0.386. The van der Waals surface area contributed by atoms with Gasteiger partial charge in [0.25, 0.3) is 5.56 Å². The number of aromatic nitrogens is 4. The fourth-order valence-electron chi connectivity index (χ4n) is 3.92. The molecule has 2 aromatic heterocycles. The highest BCUT2D eigenvalue weighted by Crippen LogP contribution is 2.17. The highest BCUT2D eigenvalue weighted by Gasteiger charge is 2.19. The molecule has 4 aromatic rings. The number of fused-ring (bicyclic) bond motifs is 1. The highest BCUT2D eigenvalue weighted by atomic mass is 16.2. The third-order valence-electron chi connectivity index (χ3n) is 5.40. The fraction of sp³-hybridized carbons (Fsp3) is 0.292. The molecule has 31 heavy (non-hydrogen) atoms. The zero-order valence-electron chi connectivity index (χ0n) is 17.9. The molecule has 2 aromatic carbocycles. The third-order valence-corrected chi connectivity index (χ3v) is 5.40. The summed E-state index contributed by atoms with van der Waals surface area (Å²) in [6.45, 7) is 4.79. The van der Waals surface area contributed by atoms with E-state index >= 15 is 0 Å². The zero-order chi connectivity index (χ0) is 21.8. The quantitative estimate of drug-likeness (QED) is 0.478. The van der Waals surface area contributed by atoms with E-state index < -0.39 is 5.69 Å². The Balaban J connectivity index is 1.75. The monoisotopic (exact) mass is 417 g/mol. The average molecular weight is 418 g/mol. The van der Waals surface area contributed by atoms with Crippen LogP contribution in [0.4, 0.5) is 0 Å². The summed E-state index contributed by atoms with van der Waals surface area (Å²) in [6, 6.07) is 20.6. The molecule has 7 heteroatoms. The Kier molecular flexibility index (Phi) is 6.13. The van der Waals surface area contributed by atoms with Crippen LogP contribution in [0.25, 0.3) is 11.2 Å². The smallest absolute Gasteiger partial charge is 0.321 e. The van der Waals surface area contributed by atoms with Crippen LogP contribution in [-0.2, 0) is 33.2 Å². The number of hydrogen-bond donors (Lipinski definition) is 1.